The zero-order valence-corrected chi connectivity index (χ0v) is 21.7. The van der Waals surface area contributed by atoms with E-state index in [2.05, 4.69) is 25.5 Å². The monoisotopic (exact) mass is 543 g/mol. The first kappa shape index (κ1) is 26.1. The molecule has 0 spiro atoms. The van der Waals surface area contributed by atoms with Gasteiger partial charge >= 0.3 is 0 Å². The number of pyridine rings is 1. The van der Waals surface area contributed by atoms with E-state index in [9.17, 15) is 18.7 Å². The van der Waals surface area contributed by atoms with Gasteiger partial charge in [-0.2, -0.15) is 14.6 Å². The Balaban J connectivity index is 1.41. The number of ether oxygens (including phenoxy) is 1. The lowest BCUT2D eigenvalue weighted by Gasteiger charge is -2.28. The van der Waals surface area contributed by atoms with Gasteiger partial charge in [-0.05, 0) is 51.7 Å². The third-order valence-electron chi connectivity index (χ3n) is 6.40. The minimum atomic E-state index is -0.854. The minimum Gasteiger partial charge on any atom is -0.379 e. The number of aliphatic hydroxyl groups excluding tert-OH is 1. The molecule has 2 N–H and O–H groups in total. The highest BCUT2D eigenvalue weighted by Gasteiger charge is 2.27. The van der Waals surface area contributed by atoms with Crippen LogP contribution in [0.15, 0.2) is 36.1 Å². The van der Waals surface area contributed by atoms with Gasteiger partial charge in [-0.1, -0.05) is 0 Å². The number of rotatable bonds is 8. The average molecular weight is 544 g/mol. The Morgan fingerprint density at radius 3 is 2.71 bits per heavy atom. The van der Waals surface area contributed by atoms with Crippen LogP contribution in [0.3, 0.4) is 0 Å². The molecule has 1 fully saturated rings. The smallest absolute Gasteiger partial charge is 0.275 e. The predicted octanol–water partition coefficient (Wildman–Crippen LogP) is 4.83. The van der Waals surface area contributed by atoms with Crippen LogP contribution in [0.2, 0.25) is 0 Å². The third-order valence-corrected chi connectivity index (χ3v) is 7.30. The van der Waals surface area contributed by atoms with Gasteiger partial charge in [0, 0.05) is 29.9 Å². The summed E-state index contributed by atoms with van der Waals surface area (Å²) in [6, 6.07) is 1.93. The molecule has 4 heterocycles. The lowest BCUT2D eigenvalue weighted by molar-refractivity contribution is 0.0260. The van der Waals surface area contributed by atoms with Crippen molar-refractivity contribution in [3.63, 3.8) is 0 Å². The largest absolute Gasteiger partial charge is 0.379 e. The Kier molecular flexibility index (Phi) is 7.58. The van der Waals surface area contributed by atoms with Gasteiger partial charge in [0.2, 0.25) is 5.95 Å². The molecular weight excluding hydrogens is 516 g/mol. The molecule has 0 aromatic carbocycles. The first-order valence-electron chi connectivity index (χ1n) is 12.3. The highest BCUT2D eigenvalue weighted by molar-refractivity contribution is 7.13. The van der Waals surface area contributed by atoms with Crippen LogP contribution >= 0.6 is 11.3 Å². The zero-order valence-electron chi connectivity index (χ0n) is 20.8. The van der Waals surface area contributed by atoms with E-state index < -0.39 is 23.9 Å². The van der Waals surface area contributed by atoms with E-state index in [1.165, 1.54) is 16.0 Å². The molecule has 1 unspecified atom stereocenters. The molecule has 13 heteroatoms. The van der Waals surface area contributed by atoms with Crippen molar-refractivity contribution >= 4 is 22.9 Å². The van der Waals surface area contributed by atoms with Gasteiger partial charge in [0.25, 0.3) is 5.91 Å². The summed E-state index contributed by atoms with van der Waals surface area (Å²) in [6.07, 6.45) is 7.52. The maximum atomic E-state index is 14.7. The maximum absolute atomic E-state index is 14.7. The van der Waals surface area contributed by atoms with Gasteiger partial charge in [-0.3, -0.25) is 9.48 Å². The van der Waals surface area contributed by atoms with Crippen molar-refractivity contribution < 1.29 is 23.4 Å². The second kappa shape index (κ2) is 11.1. The summed E-state index contributed by atoms with van der Waals surface area (Å²) in [6.45, 7) is 4.20. The number of halogens is 2. The molecule has 0 aliphatic heterocycles. The van der Waals surface area contributed by atoms with Gasteiger partial charge in [-0.15, -0.1) is 11.3 Å². The molecule has 0 bridgehead atoms. The van der Waals surface area contributed by atoms with Crippen molar-refractivity contribution in [1.29, 1.82) is 0 Å². The van der Waals surface area contributed by atoms with Crippen LogP contribution in [0.25, 0.3) is 22.0 Å². The second-order valence-electron chi connectivity index (χ2n) is 9.05. The molecule has 0 saturated heterocycles. The lowest BCUT2D eigenvalue weighted by Crippen LogP contribution is -2.24. The molecule has 5 rings (SSSR count). The number of hydrogen-bond donors (Lipinski definition) is 2. The molecule has 10 nitrogen and oxygen atoms in total. The Hall–Kier alpha value is -3.55. The van der Waals surface area contributed by atoms with E-state index in [4.69, 9.17) is 4.74 Å². The summed E-state index contributed by atoms with van der Waals surface area (Å²) >= 11 is 1.24. The lowest BCUT2D eigenvalue weighted by atomic mass is 9.93. The fraction of sp³-hybridized carbons (Fsp3) is 0.400. The van der Waals surface area contributed by atoms with Crippen LogP contribution in [-0.4, -0.2) is 53.3 Å². The Bertz CT molecular complexity index is 1430. The Morgan fingerprint density at radius 1 is 1.21 bits per heavy atom. The van der Waals surface area contributed by atoms with E-state index in [1.54, 1.807) is 35.6 Å². The fourth-order valence-electron chi connectivity index (χ4n) is 4.49. The zero-order chi connectivity index (χ0) is 26.8. The van der Waals surface area contributed by atoms with Crippen LogP contribution in [0, 0.1) is 11.8 Å². The molecule has 4 aromatic rings. The molecule has 1 aliphatic rings. The standard InChI is InChI=1S/C25H27F2N7O3S/c1-3-37-17-6-4-16(5-7-17)34-12-19(23(32-34)22-18(26)8-9-21(27)31-22)29-24(36)20-13-38-25(30-20)15-10-28-33(11-15)14(2)35/h8-14,16-17,35H,3-7H2,1-2H3,(H,29,36)/t14?,16-,17-. The highest BCUT2D eigenvalue weighted by atomic mass is 32.1. The summed E-state index contributed by atoms with van der Waals surface area (Å²) in [4.78, 5) is 21.2. The van der Waals surface area contributed by atoms with Crippen molar-refractivity contribution in [3.05, 3.63) is 53.6 Å². The SMILES string of the molecule is CCO[C@H]1CC[C@H](n2cc(NC(=O)c3csc(-c4cnn(C(C)O)c4)n3)c(-c3nc(F)ccc3F)n2)CC1. The number of anilines is 1. The molecule has 38 heavy (non-hydrogen) atoms. The first-order valence-corrected chi connectivity index (χ1v) is 13.2. The molecule has 4 aromatic heterocycles. The van der Waals surface area contributed by atoms with Gasteiger partial charge in [-0.25, -0.2) is 19.0 Å². The normalized spacial score (nSPS) is 18.4. The minimum absolute atomic E-state index is 0.0176. The van der Waals surface area contributed by atoms with E-state index in [1.807, 2.05) is 6.92 Å². The maximum Gasteiger partial charge on any atom is 0.275 e. The first-order chi connectivity index (χ1) is 18.3. The molecule has 1 atom stereocenters. The molecule has 200 valence electrons. The van der Waals surface area contributed by atoms with E-state index >= 15 is 0 Å². The third kappa shape index (κ3) is 5.49. The molecule has 1 saturated carbocycles. The van der Waals surface area contributed by atoms with Gasteiger partial charge in [0.05, 0.1) is 24.0 Å². The number of carbonyl (C=O) groups is 1. The number of aliphatic hydroxyl groups is 1. The summed E-state index contributed by atoms with van der Waals surface area (Å²) in [5.41, 5.74) is 0.744. The van der Waals surface area contributed by atoms with Gasteiger partial charge in [0.15, 0.2) is 5.82 Å². The van der Waals surface area contributed by atoms with Crippen molar-refractivity contribution in [2.24, 2.45) is 0 Å². The molecular formula is C25H27F2N7O3S. The van der Waals surface area contributed by atoms with Crippen molar-refractivity contribution in [2.75, 3.05) is 11.9 Å². The number of nitrogens with zero attached hydrogens (tertiary/aromatic N) is 6. The van der Waals surface area contributed by atoms with Crippen molar-refractivity contribution in [1.82, 2.24) is 29.5 Å². The number of thiazole rings is 1. The predicted molar refractivity (Wildman–Crippen MR) is 137 cm³/mol. The van der Waals surface area contributed by atoms with E-state index in [0.29, 0.717) is 17.2 Å². The fourth-order valence-corrected chi connectivity index (χ4v) is 5.27. The number of amides is 1. The van der Waals surface area contributed by atoms with Crippen LogP contribution in [-0.2, 0) is 4.74 Å². The average Bonchev–Trinajstić information content (AvgIpc) is 3.66. The van der Waals surface area contributed by atoms with Gasteiger partial charge in [0.1, 0.15) is 28.3 Å². The van der Waals surface area contributed by atoms with Crippen LogP contribution < -0.4 is 5.32 Å². The van der Waals surface area contributed by atoms with Gasteiger partial charge < -0.3 is 15.2 Å². The summed E-state index contributed by atoms with van der Waals surface area (Å²) in [5.74, 6) is -2.14. The molecule has 1 amide bonds. The summed E-state index contributed by atoms with van der Waals surface area (Å²) in [5, 5.41) is 23.2. The topological polar surface area (TPSA) is 120 Å². The van der Waals surface area contributed by atoms with Crippen molar-refractivity contribution in [3.8, 4) is 22.0 Å². The van der Waals surface area contributed by atoms with Crippen molar-refractivity contribution in [2.45, 2.75) is 57.9 Å². The van der Waals surface area contributed by atoms with Crippen LogP contribution in [0.5, 0.6) is 0 Å². The Labute approximate surface area is 221 Å². The summed E-state index contributed by atoms with van der Waals surface area (Å²) in [7, 11) is 0. The number of nitrogens with one attached hydrogen (secondary N) is 1. The Morgan fingerprint density at radius 2 is 2.00 bits per heavy atom. The molecule has 0 radical (unpaired) electrons. The highest BCUT2D eigenvalue weighted by Crippen LogP contribution is 2.34. The van der Waals surface area contributed by atoms with Crippen LogP contribution in [0.4, 0.5) is 14.5 Å². The van der Waals surface area contributed by atoms with E-state index in [0.717, 1.165) is 37.8 Å². The van der Waals surface area contributed by atoms with E-state index in [-0.39, 0.29) is 34.9 Å². The molecule has 1 aliphatic carbocycles. The van der Waals surface area contributed by atoms with Crippen LogP contribution in [0.1, 0.15) is 62.3 Å². The second-order valence-corrected chi connectivity index (χ2v) is 9.91. The number of carbonyl (C=O) groups excluding carboxylic acids is 1. The summed E-state index contributed by atoms with van der Waals surface area (Å²) < 4.78 is 37.4. The number of hydrogen-bond acceptors (Lipinski definition) is 8. The number of aromatic nitrogens is 6. The quantitative estimate of drug-likeness (QED) is 0.306.